The second-order valence-electron chi connectivity index (χ2n) is 8.49. The van der Waals surface area contributed by atoms with Crippen LogP contribution in [0.5, 0.6) is 0 Å². The molecule has 3 N–H and O–H groups in total. The SMILES string of the molecule is CC(=O)N1C[C@H](C(=O)NO)[C@H](NC(=O)c2ccc(CN3CCS(=O)(=O)c4ccccc43)cc2)C1. The van der Waals surface area contributed by atoms with Crippen molar-refractivity contribution >= 4 is 33.2 Å². The van der Waals surface area contributed by atoms with Gasteiger partial charge in [-0.15, -0.1) is 0 Å². The monoisotopic (exact) mass is 486 g/mol. The van der Waals surface area contributed by atoms with E-state index in [4.69, 9.17) is 5.21 Å². The van der Waals surface area contributed by atoms with E-state index in [-0.39, 0.29) is 24.7 Å². The van der Waals surface area contributed by atoms with Crippen molar-refractivity contribution in [3.05, 3.63) is 59.7 Å². The Bertz CT molecular complexity index is 1210. The maximum atomic E-state index is 12.8. The number of rotatable bonds is 5. The molecule has 2 aromatic rings. The van der Waals surface area contributed by atoms with Gasteiger partial charge < -0.3 is 15.1 Å². The predicted molar refractivity (Wildman–Crippen MR) is 123 cm³/mol. The minimum absolute atomic E-state index is 0.0474. The lowest BCUT2D eigenvalue weighted by atomic mass is 10.0. The number of para-hydroxylation sites is 1. The van der Waals surface area contributed by atoms with Crippen LogP contribution in [0.3, 0.4) is 0 Å². The van der Waals surface area contributed by atoms with E-state index in [0.717, 1.165) is 5.56 Å². The lowest BCUT2D eigenvalue weighted by Crippen LogP contribution is -2.45. The molecule has 34 heavy (non-hydrogen) atoms. The number of nitrogens with zero attached hydrogens (tertiary/aromatic N) is 2. The number of likely N-dealkylation sites (tertiary alicyclic amines) is 1. The fraction of sp³-hybridized carbons (Fsp3) is 0.348. The third kappa shape index (κ3) is 4.75. The molecule has 180 valence electrons. The Labute approximate surface area is 197 Å². The van der Waals surface area contributed by atoms with E-state index < -0.39 is 33.6 Å². The number of fused-ring (bicyclic) bond motifs is 1. The molecular weight excluding hydrogens is 460 g/mol. The first-order valence-corrected chi connectivity index (χ1v) is 12.5. The second kappa shape index (κ2) is 9.43. The molecule has 0 spiro atoms. The highest BCUT2D eigenvalue weighted by molar-refractivity contribution is 7.91. The zero-order valence-electron chi connectivity index (χ0n) is 18.6. The van der Waals surface area contributed by atoms with Gasteiger partial charge in [0.25, 0.3) is 5.91 Å². The maximum Gasteiger partial charge on any atom is 0.251 e. The summed E-state index contributed by atoms with van der Waals surface area (Å²) in [5.74, 6) is -1.98. The Morgan fingerprint density at radius 1 is 1.06 bits per heavy atom. The molecule has 2 aromatic carbocycles. The smallest absolute Gasteiger partial charge is 0.251 e. The molecule has 0 radical (unpaired) electrons. The summed E-state index contributed by atoms with van der Waals surface area (Å²) in [6.07, 6.45) is 0. The highest BCUT2D eigenvalue weighted by atomic mass is 32.2. The fourth-order valence-electron chi connectivity index (χ4n) is 4.40. The van der Waals surface area contributed by atoms with E-state index >= 15 is 0 Å². The van der Waals surface area contributed by atoms with Crippen LogP contribution in [0.4, 0.5) is 5.69 Å². The highest BCUT2D eigenvalue weighted by Gasteiger charge is 2.39. The number of carbonyl (C=O) groups is 3. The van der Waals surface area contributed by atoms with E-state index in [0.29, 0.717) is 29.2 Å². The zero-order valence-corrected chi connectivity index (χ0v) is 19.4. The van der Waals surface area contributed by atoms with Crippen molar-refractivity contribution in [3.63, 3.8) is 0 Å². The van der Waals surface area contributed by atoms with Gasteiger partial charge in [0.2, 0.25) is 11.8 Å². The van der Waals surface area contributed by atoms with Gasteiger partial charge >= 0.3 is 0 Å². The first-order chi connectivity index (χ1) is 16.2. The largest absolute Gasteiger partial charge is 0.365 e. The van der Waals surface area contributed by atoms with E-state index in [1.807, 2.05) is 4.90 Å². The molecule has 10 nitrogen and oxygen atoms in total. The summed E-state index contributed by atoms with van der Waals surface area (Å²) in [5, 5.41) is 11.8. The average Bonchev–Trinajstić information content (AvgIpc) is 3.25. The zero-order chi connectivity index (χ0) is 24.5. The van der Waals surface area contributed by atoms with Crippen molar-refractivity contribution in [2.75, 3.05) is 30.3 Å². The van der Waals surface area contributed by atoms with Gasteiger partial charge in [-0.1, -0.05) is 24.3 Å². The number of amides is 3. The van der Waals surface area contributed by atoms with E-state index in [1.54, 1.807) is 54.0 Å². The molecule has 2 aliphatic rings. The molecule has 1 fully saturated rings. The van der Waals surface area contributed by atoms with Crippen LogP contribution < -0.4 is 15.7 Å². The minimum Gasteiger partial charge on any atom is -0.365 e. The molecule has 0 aliphatic carbocycles. The van der Waals surface area contributed by atoms with Crippen LogP contribution in [0.2, 0.25) is 0 Å². The van der Waals surface area contributed by atoms with Gasteiger partial charge in [-0.3, -0.25) is 19.6 Å². The lowest BCUT2D eigenvalue weighted by Gasteiger charge is -2.31. The van der Waals surface area contributed by atoms with E-state index in [2.05, 4.69) is 5.32 Å². The Balaban J connectivity index is 1.44. The summed E-state index contributed by atoms with van der Waals surface area (Å²) in [5.41, 5.74) is 3.56. The third-order valence-corrected chi connectivity index (χ3v) is 8.02. The number of hydrogen-bond donors (Lipinski definition) is 3. The number of hydrogen-bond acceptors (Lipinski definition) is 7. The minimum atomic E-state index is -3.28. The molecule has 0 aromatic heterocycles. The molecule has 2 atom stereocenters. The van der Waals surface area contributed by atoms with Gasteiger partial charge in [0.1, 0.15) is 0 Å². The van der Waals surface area contributed by atoms with Gasteiger partial charge in [0.05, 0.1) is 28.3 Å². The number of nitrogens with one attached hydrogen (secondary N) is 2. The summed E-state index contributed by atoms with van der Waals surface area (Å²) in [6, 6.07) is 13.2. The Hall–Kier alpha value is -3.44. The van der Waals surface area contributed by atoms with Crippen molar-refractivity contribution in [2.24, 2.45) is 5.92 Å². The molecule has 2 aliphatic heterocycles. The van der Waals surface area contributed by atoms with Gasteiger partial charge in [-0.25, -0.2) is 13.9 Å². The first-order valence-electron chi connectivity index (χ1n) is 10.9. The van der Waals surface area contributed by atoms with Crippen molar-refractivity contribution in [1.82, 2.24) is 15.7 Å². The van der Waals surface area contributed by atoms with Crippen LogP contribution >= 0.6 is 0 Å². The number of benzene rings is 2. The molecule has 3 amide bonds. The van der Waals surface area contributed by atoms with Crippen molar-refractivity contribution in [3.8, 4) is 0 Å². The summed E-state index contributed by atoms with van der Waals surface area (Å²) >= 11 is 0. The van der Waals surface area contributed by atoms with E-state index in [9.17, 15) is 22.8 Å². The molecular formula is C23H26N4O6S. The lowest BCUT2D eigenvalue weighted by molar-refractivity contribution is -0.133. The van der Waals surface area contributed by atoms with E-state index in [1.165, 1.54) is 11.8 Å². The first kappa shape index (κ1) is 23.7. The summed E-state index contributed by atoms with van der Waals surface area (Å²) < 4.78 is 24.7. The summed E-state index contributed by atoms with van der Waals surface area (Å²) in [7, 11) is -3.28. The van der Waals surface area contributed by atoms with Crippen LogP contribution in [-0.4, -0.2) is 67.7 Å². The third-order valence-electron chi connectivity index (χ3n) is 6.29. The molecule has 2 heterocycles. The number of anilines is 1. The average molecular weight is 487 g/mol. The van der Waals surface area contributed by atoms with Gasteiger partial charge in [-0.05, 0) is 29.8 Å². The van der Waals surface area contributed by atoms with Crippen LogP contribution in [-0.2, 0) is 26.0 Å². The Morgan fingerprint density at radius 2 is 1.76 bits per heavy atom. The quantitative estimate of drug-likeness (QED) is 0.415. The van der Waals surface area contributed by atoms with Gasteiger partial charge in [0.15, 0.2) is 9.84 Å². The normalized spacial score (nSPS) is 21.0. The molecule has 4 rings (SSSR count). The molecule has 1 saturated heterocycles. The summed E-state index contributed by atoms with van der Waals surface area (Å²) in [6.45, 7) is 2.54. The van der Waals surface area contributed by atoms with Crippen LogP contribution in [0.25, 0.3) is 0 Å². The standard InChI is InChI=1S/C23H26N4O6S/c1-15(28)27-13-18(23(30)25-31)19(14-27)24-22(29)17-8-6-16(7-9-17)12-26-10-11-34(32,33)21-5-3-2-4-20(21)26/h2-9,18-19,31H,10-14H2,1H3,(H,24,29)(H,25,30)/t18-,19+/m0/s1. The Kier molecular flexibility index (Phi) is 6.58. The van der Waals surface area contributed by atoms with Crippen molar-refractivity contribution < 1.29 is 28.0 Å². The fourth-order valence-corrected chi connectivity index (χ4v) is 5.88. The van der Waals surface area contributed by atoms with Crippen molar-refractivity contribution in [2.45, 2.75) is 24.4 Å². The van der Waals surface area contributed by atoms with Crippen LogP contribution in [0.15, 0.2) is 53.4 Å². The van der Waals surface area contributed by atoms with Gasteiger partial charge in [-0.2, -0.15) is 0 Å². The number of carbonyl (C=O) groups excluding carboxylic acids is 3. The Morgan fingerprint density at radius 3 is 2.44 bits per heavy atom. The molecule has 11 heteroatoms. The topological polar surface area (TPSA) is 136 Å². The van der Waals surface area contributed by atoms with Crippen LogP contribution in [0.1, 0.15) is 22.8 Å². The molecule has 0 bridgehead atoms. The second-order valence-corrected chi connectivity index (χ2v) is 10.6. The summed E-state index contributed by atoms with van der Waals surface area (Å²) in [4.78, 5) is 40.2. The van der Waals surface area contributed by atoms with Crippen molar-refractivity contribution in [1.29, 1.82) is 0 Å². The molecule has 0 unspecified atom stereocenters. The predicted octanol–water partition coefficient (Wildman–Crippen LogP) is 0.563. The van der Waals surface area contributed by atoms with Gasteiger partial charge in [0, 0.05) is 38.7 Å². The number of hydroxylamine groups is 1. The molecule has 0 saturated carbocycles. The van der Waals surface area contributed by atoms with Crippen LogP contribution in [0, 0.1) is 5.92 Å². The maximum absolute atomic E-state index is 12.8. The highest BCUT2D eigenvalue weighted by Crippen LogP contribution is 2.31. The number of sulfone groups is 1.